The molecule has 1 saturated heterocycles. The maximum Gasteiger partial charge on any atom is 0.311 e. The number of nitrogens with one attached hydrogen (secondary N) is 1. The summed E-state index contributed by atoms with van der Waals surface area (Å²) in [5.41, 5.74) is -0.0874. The number of benzene rings is 1. The molecule has 0 atom stereocenters. The van der Waals surface area contributed by atoms with Gasteiger partial charge < -0.3 is 19.9 Å². The van der Waals surface area contributed by atoms with Crippen LogP contribution in [0.1, 0.15) is 18.4 Å². The third-order valence-electron chi connectivity index (χ3n) is 4.03. The molecule has 0 bridgehead atoms. The first-order chi connectivity index (χ1) is 10.6. The topological polar surface area (TPSA) is 84.9 Å². The van der Waals surface area contributed by atoms with Crippen molar-refractivity contribution in [1.29, 1.82) is 0 Å². The van der Waals surface area contributed by atoms with Crippen molar-refractivity contribution in [3.8, 4) is 5.75 Å². The Morgan fingerprint density at radius 1 is 1.36 bits per heavy atom. The average molecular weight is 307 g/mol. The van der Waals surface area contributed by atoms with E-state index in [1.165, 1.54) is 0 Å². The molecular formula is C16H21NO5. The van der Waals surface area contributed by atoms with E-state index < -0.39 is 11.4 Å². The van der Waals surface area contributed by atoms with Crippen LogP contribution in [-0.2, 0) is 20.7 Å². The Labute approximate surface area is 129 Å². The fraction of sp³-hybridized carbons (Fsp3) is 0.500. The van der Waals surface area contributed by atoms with Gasteiger partial charge in [0, 0.05) is 19.8 Å². The lowest BCUT2D eigenvalue weighted by molar-refractivity contribution is -0.154. The minimum absolute atomic E-state index is 0.133. The molecule has 2 rings (SSSR count). The molecule has 6 nitrogen and oxygen atoms in total. The number of hydrogen-bond donors (Lipinski definition) is 2. The van der Waals surface area contributed by atoms with Crippen molar-refractivity contribution in [3.05, 3.63) is 29.8 Å². The van der Waals surface area contributed by atoms with E-state index in [1.54, 1.807) is 13.2 Å². The molecule has 22 heavy (non-hydrogen) atoms. The van der Waals surface area contributed by atoms with Crippen LogP contribution in [0.25, 0.3) is 0 Å². The molecule has 1 amide bonds. The molecule has 0 aliphatic carbocycles. The predicted molar refractivity (Wildman–Crippen MR) is 79.8 cm³/mol. The summed E-state index contributed by atoms with van der Waals surface area (Å²) in [5, 5.41) is 12.2. The highest BCUT2D eigenvalue weighted by Gasteiger charge is 2.40. The molecule has 2 N–H and O–H groups in total. The van der Waals surface area contributed by atoms with Gasteiger partial charge in [-0.1, -0.05) is 12.1 Å². The molecule has 1 heterocycles. The first-order valence-corrected chi connectivity index (χ1v) is 7.26. The quantitative estimate of drug-likeness (QED) is 0.826. The Morgan fingerprint density at radius 3 is 2.73 bits per heavy atom. The Bertz CT molecular complexity index is 537. The third kappa shape index (κ3) is 3.98. The molecule has 1 aromatic rings. The summed E-state index contributed by atoms with van der Waals surface area (Å²) in [6, 6.07) is 7.26. The molecule has 0 unspecified atom stereocenters. The van der Waals surface area contributed by atoms with Crippen molar-refractivity contribution in [2.45, 2.75) is 19.3 Å². The van der Waals surface area contributed by atoms with Gasteiger partial charge in [0.15, 0.2) is 0 Å². The number of rotatable bonds is 6. The number of hydrogen-bond acceptors (Lipinski definition) is 4. The maximum atomic E-state index is 12.0. The van der Waals surface area contributed by atoms with E-state index in [0.717, 1.165) is 5.56 Å². The van der Waals surface area contributed by atoms with Crippen LogP contribution in [0.4, 0.5) is 0 Å². The summed E-state index contributed by atoms with van der Waals surface area (Å²) >= 11 is 0. The van der Waals surface area contributed by atoms with Crippen molar-refractivity contribution < 1.29 is 24.2 Å². The highest BCUT2D eigenvalue weighted by Crippen LogP contribution is 2.30. The SMILES string of the molecule is COc1cccc(CC(=O)NCC2(C(=O)O)CCOCC2)c1. The zero-order chi connectivity index (χ0) is 16.0. The number of carbonyl (C=O) groups excluding carboxylic acids is 1. The summed E-state index contributed by atoms with van der Waals surface area (Å²) in [6.07, 6.45) is 1.03. The maximum absolute atomic E-state index is 12.0. The number of ether oxygens (including phenoxy) is 2. The van der Waals surface area contributed by atoms with Gasteiger partial charge in [0.05, 0.1) is 18.9 Å². The van der Waals surface area contributed by atoms with Gasteiger partial charge in [0.1, 0.15) is 5.75 Å². The molecule has 0 saturated carbocycles. The molecular weight excluding hydrogens is 286 g/mol. The Morgan fingerprint density at radius 2 is 2.09 bits per heavy atom. The van der Waals surface area contributed by atoms with Crippen LogP contribution in [0.15, 0.2) is 24.3 Å². The number of amides is 1. The van der Waals surface area contributed by atoms with E-state index in [1.807, 2.05) is 18.2 Å². The van der Waals surface area contributed by atoms with Crippen LogP contribution in [-0.4, -0.2) is 43.9 Å². The zero-order valence-electron chi connectivity index (χ0n) is 12.6. The Balaban J connectivity index is 1.92. The fourth-order valence-electron chi connectivity index (χ4n) is 2.53. The van der Waals surface area contributed by atoms with Crippen molar-refractivity contribution in [2.75, 3.05) is 26.9 Å². The molecule has 0 radical (unpaired) electrons. The Hall–Kier alpha value is -2.08. The zero-order valence-corrected chi connectivity index (χ0v) is 12.6. The van der Waals surface area contributed by atoms with Gasteiger partial charge >= 0.3 is 5.97 Å². The first-order valence-electron chi connectivity index (χ1n) is 7.26. The Kier molecular flexibility index (Phi) is 5.38. The summed E-state index contributed by atoms with van der Waals surface area (Å²) < 4.78 is 10.3. The highest BCUT2D eigenvalue weighted by atomic mass is 16.5. The van der Waals surface area contributed by atoms with Gasteiger partial charge in [-0.2, -0.15) is 0 Å². The molecule has 0 spiro atoms. The second kappa shape index (κ2) is 7.26. The minimum atomic E-state index is -0.914. The van der Waals surface area contributed by atoms with E-state index in [0.29, 0.717) is 31.8 Å². The van der Waals surface area contributed by atoms with Gasteiger partial charge in [-0.25, -0.2) is 0 Å². The van der Waals surface area contributed by atoms with Crippen molar-refractivity contribution in [2.24, 2.45) is 5.41 Å². The average Bonchev–Trinajstić information content (AvgIpc) is 2.54. The van der Waals surface area contributed by atoms with Crippen molar-refractivity contribution >= 4 is 11.9 Å². The lowest BCUT2D eigenvalue weighted by Gasteiger charge is -2.33. The fourth-order valence-corrected chi connectivity index (χ4v) is 2.53. The number of methoxy groups -OCH3 is 1. The predicted octanol–water partition coefficient (Wildman–Crippen LogP) is 1.24. The van der Waals surface area contributed by atoms with Crippen LogP contribution in [0.3, 0.4) is 0 Å². The van der Waals surface area contributed by atoms with E-state index in [4.69, 9.17) is 9.47 Å². The minimum Gasteiger partial charge on any atom is -0.497 e. The smallest absolute Gasteiger partial charge is 0.311 e. The second-order valence-electron chi connectivity index (χ2n) is 5.50. The van der Waals surface area contributed by atoms with Crippen LogP contribution >= 0.6 is 0 Å². The van der Waals surface area contributed by atoms with Gasteiger partial charge in [-0.15, -0.1) is 0 Å². The van der Waals surface area contributed by atoms with Gasteiger partial charge in [0.2, 0.25) is 5.91 Å². The molecule has 1 aliphatic heterocycles. The number of carboxylic acids is 1. The summed E-state index contributed by atoms with van der Waals surface area (Å²) in [4.78, 5) is 23.6. The van der Waals surface area contributed by atoms with Crippen LogP contribution in [0.5, 0.6) is 5.75 Å². The number of aliphatic carboxylic acids is 1. The van der Waals surface area contributed by atoms with E-state index in [9.17, 15) is 14.7 Å². The van der Waals surface area contributed by atoms with E-state index in [-0.39, 0.29) is 18.9 Å². The second-order valence-corrected chi connectivity index (χ2v) is 5.50. The third-order valence-corrected chi connectivity index (χ3v) is 4.03. The van der Waals surface area contributed by atoms with Gasteiger partial charge in [0.25, 0.3) is 0 Å². The number of carbonyl (C=O) groups is 2. The summed E-state index contributed by atoms with van der Waals surface area (Å²) in [7, 11) is 1.57. The van der Waals surface area contributed by atoms with Crippen LogP contribution < -0.4 is 10.1 Å². The largest absolute Gasteiger partial charge is 0.497 e. The standard InChI is InChI=1S/C16H21NO5/c1-21-13-4-2-3-12(9-13)10-14(18)17-11-16(15(19)20)5-7-22-8-6-16/h2-4,9H,5-8,10-11H2,1H3,(H,17,18)(H,19,20). The summed E-state index contributed by atoms with van der Waals surface area (Å²) in [5.74, 6) is -0.380. The molecule has 6 heteroatoms. The van der Waals surface area contributed by atoms with Crippen molar-refractivity contribution in [3.63, 3.8) is 0 Å². The first kappa shape index (κ1) is 16.3. The van der Waals surface area contributed by atoms with E-state index >= 15 is 0 Å². The molecule has 1 aromatic carbocycles. The summed E-state index contributed by atoms with van der Waals surface area (Å²) in [6.45, 7) is 0.963. The molecule has 1 aliphatic rings. The van der Waals surface area contributed by atoms with Gasteiger partial charge in [-0.3, -0.25) is 9.59 Å². The molecule has 120 valence electrons. The van der Waals surface area contributed by atoms with Gasteiger partial charge in [-0.05, 0) is 30.5 Å². The molecule has 1 fully saturated rings. The van der Waals surface area contributed by atoms with Crippen LogP contribution in [0.2, 0.25) is 0 Å². The number of carboxylic acid groups (broad SMARTS) is 1. The van der Waals surface area contributed by atoms with E-state index in [2.05, 4.69) is 5.32 Å². The lowest BCUT2D eigenvalue weighted by atomic mass is 9.80. The van der Waals surface area contributed by atoms with Crippen LogP contribution in [0, 0.1) is 5.41 Å². The monoisotopic (exact) mass is 307 g/mol. The molecule has 0 aromatic heterocycles. The van der Waals surface area contributed by atoms with Crippen molar-refractivity contribution in [1.82, 2.24) is 5.32 Å². The normalized spacial score (nSPS) is 16.8. The lowest BCUT2D eigenvalue weighted by Crippen LogP contribution is -2.46. The highest BCUT2D eigenvalue weighted by molar-refractivity contribution is 5.80.